The fourth-order valence-corrected chi connectivity index (χ4v) is 2.35. The van der Waals surface area contributed by atoms with Gasteiger partial charge in [-0.1, -0.05) is 0 Å². The van der Waals surface area contributed by atoms with Gasteiger partial charge in [0.25, 0.3) is 0 Å². The van der Waals surface area contributed by atoms with Crippen molar-refractivity contribution in [3.05, 3.63) is 28.8 Å². The Labute approximate surface area is 99.3 Å². The molecule has 88 valence electrons. The van der Waals surface area contributed by atoms with Crippen LogP contribution >= 0.6 is 11.8 Å². The van der Waals surface area contributed by atoms with Gasteiger partial charge >= 0.3 is 5.69 Å². The van der Waals surface area contributed by atoms with Gasteiger partial charge in [-0.2, -0.15) is 4.39 Å². The average Bonchev–Trinajstić information content (AvgIpc) is 3.05. The molecule has 0 spiro atoms. The number of H-pyrrole nitrogens is 1. The molecule has 0 saturated heterocycles. The predicted octanol–water partition coefficient (Wildman–Crippen LogP) is 0.987. The molecule has 0 amide bonds. The summed E-state index contributed by atoms with van der Waals surface area (Å²) >= 11 is 1.15. The highest BCUT2D eigenvalue weighted by atomic mass is 32.2. The van der Waals surface area contributed by atoms with Crippen LogP contribution in [0.5, 0.6) is 0 Å². The minimum Gasteiger partial charge on any atom is -0.267 e. The second-order valence-electron chi connectivity index (χ2n) is 3.69. The van der Waals surface area contributed by atoms with Crippen LogP contribution in [0.3, 0.4) is 0 Å². The molecular formula is C9H8FN5OS. The minimum absolute atomic E-state index is 0.218. The quantitative estimate of drug-likeness (QED) is 0.825. The number of nitrogens with zero attached hydrogens (tertiary/aromatic N) is 4. The van der Waals surface area contributed by atoms with Gasteiger partial charge in [-0.15, -0.1) is 5.10 Å². The Bertz CT molecular complexity index is 605. The van der Waals surface area contributed by atoms with Gasteiger partial charge in [0.2, 0.25) is 5.95 Å². The van der Waals surface area contributed by atoms with Crippen molar-refractivity contribution in [3.63, 3.8) is 0 Å². The van der Waals surface area contributed by atoms with Crippen LogP contribution in [-0.4, -0.2) is 24.7 Å². The monoisotopic (exact) mass is 253 g/mol. The summed E-state index contributed by atoms with van der Waals surface area (Å²) in [5.41, 5.74) is -0.232. The molecule has 2 heterocycles. The van der Waals surface area contributed by atoms with Gasteiger partial charge in [0.05, 0.1) is 0 Å². The molecule has 6 nitrogen and oxygen atoms in total. The van der Waals surface area contributed by atoms with Crippen LogP contribution in [0.1, 0.15) is 18.9 Å². The summed E-state index contributed by atoms with van der Waals surface area (Å²) in [7, 11) is 0. The topological polar surface area (TPSA) is 76.5 Å². The normalized spacial score (nSPS) is 15.1. The van der Waals surface area contributed by atoms with Crippen LogP contribution < -0.4 is 5.69 Å². The van der Waals surface area contributed by atoms with Crippen molar-refractivity contribution in [2.75, 3.05) is 0 Å². The second kappa shape index (κ2) is 3.95. The lowest BCUT2D eigenvalue weighted by Gasteiger charge is -2.01. The van der Waals surface area contributed by atoms with Crippen molar-refractivity contribution in [3.8, 4) is 0 Å². The smallest absolute Gasteiger partial charge is 0.267 e. The zero-order valence-electron chi connectivity index (χ0n) is 8.63. The second-order valence-corrected chi connectivity index (χ2v) is 4.68. The molecule has 3 rings (SSSR count). The number of nitrogens with one attached hydrogen (secondary N) is 1. The van der Waals surface area contributed by atoms with Crippen LogP contribution in [0, 0.1) is 5.95 Å². The van der Waals surface area contributed by atoms with E-state index in [1.165, 1.54) is 6.07 Å². The van der Waals surface area contributed by atoms with Crippen molar-refractivity contribution >= 4 is 11.8 Å². The number of halogens is 1. The van der Waals surface area contributed by atoms with Gasteiger partial charge in [0, 0.05) is 12.1 Å². The molecule has 1 N–H and O–H groups in total. The molecule has 0 unspecified atom stereocenters. The van der Waals surface area contributed by atoms with Gasteiger partial charge in [0.15, 0.2) is 5.16 Å². The van der Waals surface area contributed by atoms with Crippen LogP contribution in [-0.2, 0) is 0 Å². The largest absolute Gasteiger partial charge is 0.344 e. The molecule has 1 aliphatic carbocycles. The molecule has 8 heteroatoms. The van der Waals surface area contributed by atoms with Gasteiger partial charge in [0.1, 0.15) is 11.4 Å². The molecule has 1 saturated carbocycles. The van der Waals surface area contributed by atoms with Crippen LogP contribution in [0.15, 0.2) is 27.4 Å². The van der Waals surface area contributed by atoms with Crippen molar-refractivity contribution in [1.29, 1.82) is 0 Å². The van der Waals surface area contributed by atoms with Crippen molar-refractivity contribution < 1.29 is 4.39 Å². The Hall–Kier alpha value is -1.70. The zero-order chi connectivity index (χ0) is 11.8. The summed E-state index contributed by atoms with van der Waals surface area (Å²) in [4.78, 5) is 18.8. The van der Waals surface area contributed by atoms with Crippen LogP contribution in [0.25, 0.3) is 0 Å². The lowest BCUT2D eigenvalue weighted by molar-refractivity contribution is 0.572. The van der Waals surface area contributed by atoms with E-state index in [4.69, 9.17) is 0 Å². The number of rotatable bonds is 3. The maximum Gasteiger partial charge on any atom is 0.344 e. The van der Waals surface area contributed by atoms with E-state index in [9.17, 15) is 9.18 Å². The fourth-order valence-electron chi connectivity index (χ4n) is 1.48. The van der Waals surface area contributed by atoms with Crippen LogP contribution in [0.2, 0.25) is 0 Å². The van der Waals surface area contributed by atoms with Gasteiger partial charge in [-0.05, 0) is 24.6 Å². The molecule has 1 fully saturated rings. The Kier molecular flexibility index (Phi) is 2.43. The highest BCUT2D eigenvalue weighted by Crippen LogP contribution is 2.37. The minimum atomic E-state index is -0.599. The number of aromatic nitrogens is 5. The highest BCUT2D eigenvalue weighted by Gasteiger charge is 2.28. The van der Waals surface area contributed by atoms with Gasteiger partial charge in [-0.3, -0.25) is 4.57 Å². The summed E-state index contributed by atoms with van der Waals surface area (Å²) in [5.74, 6) is -0.599. The number of hydrogen-bond acceptors (Lipinski definition) is 5. The zero-order valence-corrected chi connectivity index (χ0v) is 9.45. The Balaban J connectivity index is 1.92. The first-order valence-electron chi connectivity index (χ1n) is 5.06. The maximum atomic E-state index is 12.9. The van der Waals surface area contributed by atoms with Gasteiger partial charge in [-0.25, -0.2) is 19.9 Å². The van der Waals surface area contributed by atoms with E-state index < -0.39 is 5.95 Å². The number of aromatic amines is 1. The van der Waals surface area contributed by atoms with Crippen molar-refractivity contribution in [1.82, 2.24) is 24.7 Å². The van der Waals surface area contributed by atoms with Gasteiger partial charge < -0.3 is 0 Å². The van der Waals surface area contributed by atoms with Crippen LogP contribution in [0.4, 0.5) is 4.39 Å². The summed E-state index contributed by atoms with van der Waals surface area (Å²) in [5, 5.41) is 7.24. The van der Waals surface area contributed by atoms with E-state index in [1.54, 1.807) is 4.57 Å². The Morgan fingerprint density at radius 2 is 2.29 bits per heavy atom. The number of hydrogen-bond donors (Lipinski definition) is 1. The first-order valence-corrected chi connectivity index (χ1v) is 5.88. The molecule has 2 aromatic heterocycles. The fraction of sp³-hybridized carbons (Fsp3) is 0.333. The molecule has 0 radical (unpaired) electrons. The SMILES string of the molecule is O=c1[nH]nc(Sc2cc(F)ncn2)n1C1CC1. The Morgan fingerprint density at radius 3 is 3.00 bits per heavy atom. The molecule has 0 aromatic carbocycles. The summed E-state index contributed by atoms with van der Waals surface area (Å²) < 4.78 is 14.5. The Morgan fingerprint density at radius 1 is 1.47 bits per heavy atom. The first kappa shape index (κ1) is 10.5. The molecule has 0 aliphatic heterocycles. The predicted molar refractivity (Wildman–Crippen MR) is 57.2 cm³/mol. The van der Waals surface area contributed by atoms with E-state index in [0.29, 0.717) is 10.2 Å². The third-order valence-electron chi connectivity index (χ3n) is 2.39. The summed E-state index contributed by atoms with van der Waals surface area (Å²) in [6.45, 7) is 0. The van der Waals surface area contributed by atoms with E-state index >= 15 is 0 Å². The maximum absolute atomic E-state index is 12.9. The van der Waals surface area contributed by atoms with E-state index in [1.807, 2.05) is 0 Å². The third-order valence-corrected chi connectivity index (χ3v) is 3.29. The third kappa shape index (κ3) is 2.07. The van der Waals surface area contributed by atoms with E-state index in [0.717, 1.165) is 30.9 Å². The molecule has 0 atom stereocenters. The summed E-state index contributed by atoms with van der Waals surface area (Å²) in [6, 6.07) is 1.43. The first-order chi connectivity index (χ1) is 8.24. The van der Waals surface area contributed by atoms with E-state index in [2.05, 4.69) is 20.2 Å². The highest BCUT2D eigenvalue weighted by molar-refractivity contribution is 7.99. The average molecular weight is 253 g/mol. The van der Waals surface area contributed by atoms with Crippen molar-refractivity contribution in [2.24, 2.45) is 0 Å². The van der Waals surface area contributed by atoms with E-state index in [-0.39, 0.29) is 11.7 Å². The lowest BCUT2D eigenvalue weighted by atomic mass is 10.7. The molecule has 1 aliphatic rings. The lowest BCUT2D eigenvalue weighted by Crippen LogP contribution is -2.16. The standard InChI is InChI=1S/C9H8FN5OS/c10-6-3-7(12-4-11-6)17-9-14-13-8(16)15(9)5-1-2-5/h3-5H,1-2H2,(H,13,16). The molecular weight excluding hydrogens is 245 g/mol. The molecule has 2 aromatic rings. The molecule has 17 heavy (non-hydrogen) atoms. The summed E-state index contributed by atoms with van der Waals surface area (Å²) in [6.07, 6.45) is 3.10. The van der Waals surface area contributed by atoms with Crippen molar-refractivity contribution in [2.45, 2.75) is 29.1 Å². The molecule has 0 bridgehead atoms.